The van der Waals surface area contributed by atoms with Gasteiger partial charge in [-0.25, -0.2) is 9.37 Å². The van der Waals surface area contributed by atoms with E-state index in [4.69, 9.17) is 4.74 Å². The molecule has 1 N–H and O–H groups in total. The number of nitrogens with one attached hydrogen (secondary N) is 1. The van der Waals surface area contributed by atoms with Gasteiger partial charge < -0.3 is 10.1 Å². The van der Waals surface area contributed by atoms with Crippen LogP contribution < -0.4 is 10.1 Å². The topological polar surface area (TPSA) is 47.0 Å². The van der Waals surface area contributed by atoms with Crippen molar-refractivity contribution in [1.29, 1.82) is 0 Å². The largest absolute Gasteiger partial charge is 0.473 e. The van der Waals surface area contributed by atoms with E-state index in [0.717, 1.165) is 0 Å². The van der Waals surface area contributed by atoms with Gasteiger partial charge in [0.15, 0.2) is 0 Å². The molecule has 0 bridgehead atoms. The lowest BCUT2D eigenvalue weighted by atomic mass is 10.2. The zero-order chi connectivity index (χ0) is 13.7. The fourth-order valence-corrected chi connectivity index (χ4v) is 1.60. The minimum absolute atomic E-state index is 0.149. The fourth-order valence-electron chi connectivity index (χ4n) is 1.60. The Hall–Kier alpha value is -2.17. The maximum atomic E-state index is 13.5. The van der Waals surface area contributed by atoms with Crippen LogP contribution in [0.2, 0.25) is 0 Å². The molecule has 100 valence electrons. The Kier molecular flexibility index (Phi) is 4.28. The number of aromatic nitrogens is 2. The first-order valence-corrected chi connectivity index (χ1v) is 6.15. The number of aryl methyl sites for hydroxylation is 1. The van der Waals surface area contributed by atoms with E-state index in [1.165, 1.54) is 6.07 Å². The molecule has 0 aliphatic carbocycles. The van der Waals surface area contributed by atoms with E-state index < -0.39 is 0 Å². The summed E-state index contributed by atoms with van der Waals surface area (Å²) in [5, 5.41) is 2.95. The molecule has 0 atom stereocenters. The highest BCUT2D eigenvalue weighted by Crippen LogP contribution is 2.16. The van der Waals surface area contributed by atoms with Crippen molar-refractivity contribution in [1.82, 2.24) is 9.97 Å². The SMILES string of the molecule is CCc1nc(NC)cc(OCc2ccccc2F)n1. The average molecular weight is 261 g/mol. The molecule has 0 aliphatic rings. The first-order chi connectivity index (χ1) is 9.22. The van der Waals surface area contributed by atoms with Gasteiger partial charge in [-0.1, -0.05) is 25.1 Å². The van der Waals surface area contributed by atoms with Crippen molar-refractivity contribution in [2.45, 2.75) is 20.0 Å². The maximum absolute atomic E-state index is 13.5. The molecule has 1 aromatic carbocycles. The first-order valence-electron chi connectivity index (χ1n) is 6.15. The van der Waals surface area contributed by atoms with Crippen LogP contribution >= 0.6 is 0 Å². The summed E-state index contributed by atoms with van der Waals surface area (Å²) in [4.78, 5) is 8.52. The molecule has 0 fully saturated rings. The van der Waals surface area contributed by atoms with Crippen LogP contribution in [0.25, 0.3) is 0 Å². The summed E-state index contributed by atoms with van der Waals surface area (Å²) in [5.74, 6) is 1.55. The number of halogens is 1. The van der Waals surface area contributed by atoms with Crippen LogP contribution in [0, 0.1) is 5.82 Å². The van der Waals surface area contributed by atoms with Crippen molar-refractivity contribution >= 4 is 5.82 Å². The predicted octanol–water partition coefficient (Wildman–Crippen LogP) is 2.80. The molecule has 2 rings (SSSR count). The fraction of sp³-hybridized carbons (Fsp3) is 0.286. The zero-order valence-corrected chi connectivity index (χ0v) is 11.0. The molecule has 19 heavy (non-hydrogen) atoms. The minimum atomic E-state index is -0.277. The lowest BCUT2D eigenvalue weighted by Crippen LogP contribution is -2.04. The van der Waals surface area contributed by atoms with Gasteiger partial charge in [-0.3, -0.25) is 0 Å². The van der Waals surface area contributed by atoms with Crippen molar-refractivity contribution in [3.63, 3.8) is 0 Å². The number of hydrogen-bond acceptors (Lipinski definition) is 4. The van der Waals surface area contributed by atoms with Crippen LogP contribution in [0.1, 0.15) is 18.3 Å². The molecule has 0 amide bonds. The van der Waals surface area contributed by atoms with Crippen molar-refractivity contribution in [2.75, 3.05) is 12.4 Å². The van der Waals surface area contributed by atoms with Gasteiger partial charge in [0.1, 0.15) is 24.1 Å². The molecule has 1 aromatic heterocycles. The van der Waals surface area contributed by atoms with Gasteiger partial charge >= 0.3 is 0 Å². The van der Waals surface area contributed by atoms with Crippen LogP contribution in [-0.4, -0.2) is 17.0 Å². The lowest BCUT2D eigenvalue weighted by molar-refractivity contribution is 0.286. The number of ether oxygens (including phenoxy) is 1. The van der Waals surface area contributed by atoms with Gasteiger partial charge in [0.05, 0.1) is 0 Å². The zero-order valence-electron chi connectivity index (χ0n) is 11.0. The van der Waals surface area contributed by atoms with E-state index in [1.54, 1.807) is 31.3 Å². The summed E-state index contributed by atoms with van der Waals surface area (Å²) in [7, 11) is 1.78. The molecule has 0 spiro atoms. The van der Waals surface area contributed by atoms with Gasteiger partial charge in [0.2, 0.25) is 5.88 Å². The number of nitrogens with zero attached hydrogens (tertiary/aromatic N) is 2. The maximum Gasteiger partial charge on any atom is 0.219 e. The van der Waals surface area contributed by atoms with E-state index >= 15 is 0 Å². The van der Waals surface area contributed by atoms with Crippen molar-refractivity contribution in [2.24, 2.45) is 0 Å². The standard InChI is InChI=1S/C14H16FN3O/c1-3-12-17-13(16-2)8-14(18-12)19-9-10-6-4-5-7-11(10)15/h4-8H,3,9H2,1-2H3,(H,16,17,18). The van der Waals surface area contributed by atoms with Gasteiger partial charge in [0, 0.05) is 25.1 Å². The van der Waals surface area contributed by atoms with E-state index in [2.05, 4.69) is 15.3 Å². The molecular weight excluding hydrogens is 245 g/mol. The molecule has 4 nitrogen and oxygen atoms in total. The minimum Gasteiger partial charge on any atom is -0.473 e. The van der Waals surface area contributed by atoms with Crippen LogP contribution in [0.4, 0.5) is 10.2 Å². The molecule has 0 aliphatic heterocycles. The Morgan fingerprint density at radius 2 is 2.05 bits per heavy atom. The van der Waals surface area contributed by atoms with Crippen LogP contribution in [0.15, 0.2) is 30.3 Å². The Morgan fingerprint density at radius 1 is 1.26 bits per heavy atom. The van der Waals surface area contributed by atoms with Crippen molar-refractivity contribution < 1.29 is 9.13 Å². The Balaban J connectivity index is 2.13. The molecule has 0 saturated heterocycles. The third kappa shape index (κ3) is 3.40. The molecular formula is C14H16FN3O. The Labute approximate surface area is 111 Å². The van der Waals surface area contributed by atoms with E-state index in [9.17, 15) is 4.39 Å². The normalized spacial score (nSPS) is 10.3. The molecule has 5 heteroatoms. The summed E-state index contributed by atoms with van der Waals surface area (Å²) in [6, 6.07) is 8.22. The Morgan fingerprint density at radius 3 is 2.74 bits per heavy atom. The van der Waals surface area contributed by atoms with Crippen molar-refractivity contribution in [3.8, 4) is 5.88 Å². The molecule has 1 heterocycles. The van der Waals surface area contributed by atoms with E-state index in [1.807, 2.05) is 6.92 Å². The second-order valence-electron chi connectivity index (χ2n) is 3.99. The molecule has 2 aromatic rings. The van der Waals surface area contributed by atoms with Gasteiger partial charge in [-0.05, 0) is 6.07 Å². The summed E-state index contributed by atoms with van der Waals surface area (Å²) in [6.45, 7) is 2.12. The van der Waals surface area contributed by atoms with E-state index in [0.29, 0.717) is 29.5 Å². The number of rotatable bonds is 5. The molecule has 0 radical (unpaired) electrons. The highest BCUT2D eigenvalue weighted by molar-refractivity contribution is 5.37. The highest BCUT2D eigenvalue weighted by atomic mass is 19.1. The summed E-state index contributed by atoms with van der Waals surface area (Å²) in [5.41, 5.74) is 0.505. The molecule has 0 unspecified atom stereocenters. The second kappa shape index (κ2) is 6.13. The summed E-state index contributed by atoms with van der Waals surface area (Å²) in [6.07, 6.45) is 0.714. The Bertz CT molecular complexity index is 538. The first kappa shape index (κ1) is 13.3. The number of hydrogen-bond donors (Lipinski definition) is 1. The van der Waals surface area contributed by atoms with Crippen LogP contribution in [0.5, 0.6) is 5.88 Å². The van der Waals surface area contributed by atoms with Gasteiger partial charge in [0.25, 0.3) is 0 Å². The van der Waals surface area contributed by atoms with Crippen LogP contribution in [-0.2, 0) is 13.0 Å². The van der Waals surface area contributed by atoms with Crippen molar-refractivity contribution in [3.05, 3.63) is 47.5 Å². The smallest absolute Gasteiger partial charge is 0.219 e. The second-order valence-corrected chi connectivity index (χ2v) is 3.99. The quantitative estimate of drug-likeness (QED) is 0.899. The number of benzene rings is 1. The third-order valence-electron chi connectivity index (χ3n) is 2.65. The third-order valence-corrected chi connectivity index (χ3v) is 2.65. The predicted molar refractivity (Wildman–Crippen MR) is 71.7 cm³/mol. The lowest BCUT2D eigenvalue weighted by Gasteiger charge is -2.09. The monoisotopic (exact) mass is 261 g/mol. The van der Waals surface area contributed by atoms with E-state index in [-0.39, 0.29) is 12.4 Å². The average Bonchev–Trinajstić information content (AvgIpc) is 2.46. The highest BCUT2D eigenvalue weighted by Gasteiger charge is 2.06. The molecule has 0 saturated carbocycles. The number of anilines is 1. The van der Waals surface area contributed by atoms with Gasteiger partial charge in [-0.2, -0.15) is 4.98 Å². The summed E-state index contributed by atoms with van der Waals surface area (Å²) < 4.78 is 19.0. The summed E-state index contributed by atoms with van der Waals surface area (Å²) >= 11 is 0. The van der Waals surface area contributed by atoms with Crippen LogP contribution in [0.3, 0.4) is 0 Å². The van der Waals surface area contributed by atoms with Gasteiger partial charge in [-0.15, -0.1) is 0 Å².